The summed E-state index contributed by atoms with van der Waals surface area (Å²) in [6, 6.07) is 32.9. The van der Waals surface area contributed by atoms with Crippen molar-refractivity contribution < 1.29 is 4.79 Å². The van der Waals surface area contributed by atoms with Gasteiger partial charge in [0.15, 0.2) is 0 Å². The molecule has 0 saturated carbocycles. The van der Waals surface area contributed by atoms with Crippen LogP contribution < -0.4 is 4.90 Å². The molecule has 32 heavy (non-hydrogen) atoms. The zero-order valence-corrected chi connectivity index (χ0v) is 17.8. The highest BCUT2D eigenvalue weighted by Crippen LogP contribution is 2.41. The minimum absolute atomic E-state index is 0.0561. The molecule has 0 atom stereocenters. The number of ketones is 1. The van der Waals surface area contributed by atoms with Crippen molar-refractivity contribution in [1.29, 1.82) is 0 Å². The number of Topliss-reactive ketones (excluding diaryl/α,β-unsaturated/α-hetero) is 1. The summed E-state index contributed by atoms with van der Waals surface area (Å²) in [5.41, 5.74) is 6.82. The first-order chi connectivity index (χ1) is 15.8. The summed E-state index contributed by atoms with van der Waals surface area (Å²) in [5.74, 6) is 0.0561. The first-order valence-electron chi connectivity index (χ1n) is 11.0. The van der Waals surface area contributed by atoms with Gasteiger partial charge in [0, 0.05) is 39.6 Å². The Bertz CT molecular complexity index is 1530. The first kappa shape index (κ1) is 18.6. The topological polar surface area (TPSA) is 25.2 Å². The summed E-state index contributed by atoms with van der Waals surface area (Å²) in [5, 5.41) is 2.46. The number of carbonyl (C=O) groups is 1. The summed E-state index contributed by atoms with van der Waals surface area (Å²) < 4.78 is 2.34. The van der Waals surface area contributed by atoms with Crippen LogP contribution in [-0.4, -0.2) is 10.4 Å². The van der Waals surface area contributed by atoms with Crippen molar-refractivity contribution >= 4 is 45.0 Å². The van der Waals surface area contributed by atoms with Crippen molar-refractivity contribution in [3.05, 3.63) is 114 Å². The normalized spacial score (nSPS) is 14.6. The number of anilines is 2. The lowest BCUT2D eigenvalue weighted by Gasteiger charge is -2.20. The number of carbonyl (C=O) groups excluding carboxylic acids is 1. The highest BCUT2D eigenvalue weighted by atomic mass is 16.1. The Balaban J connectivity index is 1.55. The first-order valence-corrected chi connectivity index (χ1v) is 11.0. The number of allylic oxidation sites excluding steroid dienone is 1. The molecule has 6 rings (SSSR count). The van der Waals surface area contributed by atoms with Crippen LogP contribution in [0, 0.1) is 0 Å². The summed E-state index contributed by atoms with van der Waals surface area (Å²) >= 11 is 0. The fourth-order valence-electron chi connectivity index (χ4n) is 4.87. The molecule has 0 unspecified atom stereocenters. The van der Waals surface area contributed by atoms with E-state index in [4.69, 9.17) is 0 Å². The lowest BCUT2D eigenvalue weighted by Crippen LogP contribution is -2.14. The van der Waals surface area contributed by atoms with Gasteiger partial charge in [-0.3, -0.25) is 4.79 Å². The molecule has 4 aromatic carbocycles. The lowest BCUT2D eigenvalue weighted by atomic mass is 10.1. The van der Waals surface area contributed by atoms with Crippen molar-refractivity contribution in [2.75, 3.05) is 4.90 Å². The number of benzene rings is 4. The van der Waals surface area contributed by atoms with E-state index >= 15 is 0 Å². The molecule has 1 aliphatic heterocycles. The van der Waals surface area contributed by atoms with Crippen molar-refractivity contribution in [2.24, 2.45) is 0 Å². The SMILES string of the molecule is CCn1c2ccccc2c2cc(/C=C3\C(=O)c4ccccc4N3c3ccccc3)ccc21. The van der Waals surface area contributed by atoms with E-state index in [0.717, 1.165) is 29.0 Å². The molecule has 5 aromatic rings. The average Bonchev–Trinajstić information content (AvgIpc) is 3.31. The Labute approximate surface area is 186 Å². The van der Waals surface area contributed by atoms with Gasteiger partial charge in [-0.2, -0.15) is 0 Å². The van der Waals surface area contributed by atoms with Crippen LogP contribution in [0.1, 0.15) is 22.8 Å². The number of nitrogens with zero attached hydrogens (tertiary/aromatic N) is 2. The molecule has 0 bridgehead atoms. The van der Waals surface area contributed by atoms with Gasteiger partial charge in [0.25, 0.3) is 0 Å². The number of aryl methyl sites for hydroxylation is 1. The molecule has 0 spiro atoms. The highest BCUT2D eigenvalue weighted by Gasteiger charge is 2.32. The number of hydrogen-bond acceptors (Lipinski definition) is 2. The van der Waals surface area contributed by atoms with Crippen LogP contribution >= 0.6 is 0 Å². The standard InChI is InChI=1S/C29H22N2O/c1-2-30-25-14-8-6-12-22(25)24-18-20(16-17-26(24)30)19-28-29(32)23-13-7-9-15-27(23)31(28)21-10-4-3-5-11-21/h3-19H,2H2,1H3/b28-19+. The van der Waals surface area contributed by atoms with Crippen molar-refractivity contribution in [3.63, 3.8) is 0 Å². The Morgan fingerprint density at radius 3 is 2.31 bits per heavy atom. The smallest absolute Gasteiger partial charge is 0.211 e. The maximum Gasteiger partial charge on any atom is 0.211 e. The Hall–Kier alpha value is -4.11. The second-order valence-electron chi connectivity index (χ2n) is 8.08. The van der Waals surface area contributed by atoms with E-state index in [1.54, 1.807) is 0 Å². The molecular weight excluding hydrogens is 392 g/mol. The van der Waals surface area contributed by atoms with Gasteiger partial charge < -0.3 is 9.47 Å². The van der Waals surface area contributed by atoms with Gasteiger partial charge in [-0.05, 0) is 61.0 Å². The fourth-order valence-corrected chi connectivity index (χ4v) is 4.87. The van der Waals surface area contributed by atoms with Crippen LogP contribution in [0.2, 0.25) is 0 Å². The fraction of sp³-hybridized carbons (Fsp3) is 0.0690. The predicted molar refractivity (Wildman–Crippen MR) is 132 cm³/mol. The predicted octanol–water partition coefficient (Wildman–Crippen LogP) is 7.19. The van der Waals surface area contributed by atoms with E-state index in [0.29, 0.717) is 5.70 Å². The van der Waals surface area contributed by atoms with Crippen molar-refractivity contribution in [3.8, 4) is 0 Å². The molecular formula is C29H22N2O. The van der Waals surface area contributed by atoms with E-state index in [1.807, 2.05) is 60.7 Å². The van der Waals surface area contributed by atoms with Gasteiger partial charge >= 0.3 is 0 Å². The van der Waals surface area contributed by atoms with Crippen molar-refractivity contribution in [2.45, 2.75) is 13.5 Å². The van der Waals surface area contributed by atoms with E-state index in [2.05, 4.69) is 58.9 Å². The summed E-state index contributed by atoms with van der Waals surface area (Å²) in [4.78, 5) is 15.5. The van der Waals surface area contributed by atoms with E-state index in [1.165, 1.54) is 21.8 Å². The molecule has 3 nitrogen and oxygen atoms in total. The monoisotopic (exact) mass is 414 g/mol. The highest BCUT2D eigenvalue weighted by molar-refractivity contribution is 6.23. The van der Waals surface area contributed by atoms with Crippen LogP contribution in [0.5, 0.6) is 0 Å². The Kier molecular flexibility index (Phi) is 4.22. The maximum atomic E-state index is 13.4. The van der Waals surface area contributed by atoms with Gasteiger partial charge in [-0.25, -0.2) is 0 Å². The van der Waals surface area contributed by atoms with Gasteiger partial charge in [-0.1, -0.05) is 54.6 Å². The van der Waals surface area contributed by atoms with Crippen LogP contribution in [0.15, 0.2) is 103 Å². The van der Waals surface area contributed by atoms with Crippen LogP contribution in [0.25, 0.3) is 27.9 Å². The third-order valence-corrected chi connectivity index (χ3v) is 6.29. The number of para-hydroxylation sites is 3. The molecule has 0 saturated heterocycles. The summed E-state index contributed by atoms with van der Waals surface area (Å²) in [6.07, 6.45) is 2.02. The third-order valence-electron chi connectivity index (χ3n) is 6.29. The van der Waals surface area contributed by atoms with Crippen molar-refractivity contribution in [1.82, 2.24) is 4.57 Å². The number of fused-ring (bicyclic) bond motifs is 4. The van der Waals surface area contributed by atoms with Crippen LogP contribution in [0.4, 0.5) is 11.4 Å². The maximum absolute atomic E-state index is 13.4. The molecule has 0 radical (unpaired) electrons. The largest absolute Gasteiger partial charge is 0.341 e. The second kappa shape index (κ2) is 7.24. The zero-order chi connectivity index (χ0) is 21.7. The van der Waals surface area contributed by atoms with Gasteiger partial charge in [0.2, 0.25) is 5.78 Å². The van der Waals surface area contributed by atoms with Crippen LogP contribution in [0.3, 0.4) is 0 Å². The quantitative estimate of drug-likeness (QED) is 0.292. The molecule has 0 amide bonds. The summed E-state index contributed by atoms with van der Waals surface area (Å²) in [7, 11) is 0. The number of rotatable bonds is 3. The average molecular weight is 415 g/mol. The Morgan fingerprint density at radius 1 is 0.750 bits per heavy atom. The molecule has 1 aromatic heterocycles. The molecule has 1 aliphatic rings. The van der Waals surface area contributed by atoms with Gasteiger partial charge in [0.05, 0.1) is 11.4 Å². The minimum atomic E-state index is 0.0561. The molecule has 3 heteroatoms. The Morgan fingerprint density at radius 2 is 1.47 bits per heavy atom. The summed E-state index contributed by atoms with van der Waals surface area (Å²) in [6.45, 7) is 3.09. The van der Waals surface area contributed by atoms with E-state index in [9.17, 15) is 4.79 Å². The third kappa shape index (κ3) is 2.71. The second-order valence-corrected chi connectivity index (χ2v) is 8.08. The molecule has 154 valence electrons. The van der Waals surface area contributed by atoms with Crippen LogP contribution in [-0.2, 0) is 6.54 Å². The van der Waals surface area contributed by atoms with Gasteiger partial charge in [0.1, 0.15) is 0 Å². The molecule has 0 fully saturated rings. The van der Waals surface area contributed by atoms with E-state index < -0.39 is 0 Å². The number of aromatic nitrogens is 1. The zero-order valence-electron chi connectivity index (χ0n) is 17.8. The van der Waals surface area contributed by atoms with Gasteiger partial charge in [-0.15, -0.1) is 0 Å². The molecule has 0 aliphatic carbocycles. The molecule has 0 N–H and O–H groups in total. The van der Waals surface area contributed by atoms with E-state index in [-0.39, 0.29) is 5.78 Å². The minimum Gasteiger partial charge on any atom is -0.341 e. The number of hydrogen-bond donors (Lipinski definition) is 0. The molecule has 2 heterocycles. The lowest BCUT2D eigenvalue weighted by molar-refractivity contribution is 0.104.